The Labute approximate surface area is 166 Å². The highest BCUT2D eigenvalue weighted by Crippen LogP contribution is 2.37. The van der Waals surface area contributed by atoms with Gasteiger partial charge in [-0.05, 0) is 23.1 Å². The average Bonchev–Trinajstić information content (AvgIpc) is 3.18. The number of hydrazone groups is 1. The smallest absolute Gasteiger partial charge is 0.346 e. The molecule has 3 aromatic rings. The second kappa shape index (κ2) is 6.38. The van der Waals surface area contributed by atoms with Crippen LogP contribution in [0, 0.1) is 0 Å². The van der Waals surface area contributed by atoms with Crippen LogP contribution in [0.4, 0.5) is 0 Å². The molecular formula is C23H16N2O4. The van der Waals surface area contributed by atoms with Crippen LogP contribution in [0.25, 0.3) is 10.8 Å². The molecular weight excluding hydrogens is 368 g/mol. The van der Waals surface area contributed by atoms with Crippen molar-refractivity contribution in [3.8, 4) is 0 Å². The first kappa shape index (κ1) is 17.3. The van der Waals surface area contributed by atoms with Crippen LogP contribution in [0.5, 0.6) is 0 Å². The maximum absolute atomic E-state index is 12.2. The number of amides is 1. The molecule has 0 unspecified atom stereocenters. The summed E-state index contributed by atoms with van der Waals surface area (Å²) in [6.45, 7) is 1.49. The van der Waals surface area contributed by atoms with E-state index in [9.17, 15) is 14.4 Å². The molecule has 0 radical (unpaired) electrons. The van der Waals surface area contributed by atoms with Gasteiger partial charge in [0.2, 0.25) is 5.91 Å². The summed E-state index contributed by atoms with van der Waals surface area (Å²) in [5.74, 6) is -1.44. The van der Waals surface area contributed by atoms with E-state index in [1.165, 1.54) is 11.9 Å². The molecule has 1 amide bonds. The Morgan fingerprint density at radius 3 is 2.34 bits per heavy atom. The Hall–Kier alpha value is -3.80. The number of esters is 2. The lowest BCUT2D eigenvalue weighted by molar-refractivity contribution is -0.130. The van der Waals surface area contributed by atoms with Gasteiger partial charge < -0.3 is 4.74 Å². The van der Waals surface area contributed by atoms with E-state index in [0.717, 1.165) is 22.2 Å². The van der Waals surface area contributed by atoms with Crippen LogP contribution < -0.4 is 0 Å². The second-order valence-corrected chi connectivity index (χ2v) is 7.11. The van der Waals surface area contributed by atoms with Crippen molar-refractivity contribution in [2.45, 2.75) is 19.4 Å². The number of rotatable bonds is 2. The van der Waals surface area contributed by atoms with Gasteiger partial charge in [0.25, 0.3) is 0 Å². The molecule has 2 heterocycles. The highest BCUT2D eigenvalue weighted by atomic mass is 16.6. The third kappa shape index (κ3) is 2.64. The molecule has 0 aliphatic carbocycles. The normalized spacial score (nSPS) is 18.0. The Balaban J connectivity index is 1.67. The fraction of sp³-hybridized carbons (Fsp3) is 0.130. The largest absolute Gasteiger partial charge is 0.386 e. The van der Waals surface area contributed by atoms with Gasteiger partial charge in [0, 0.05) is 24.3 Å². The highest BCUT2D eigenvalue weighted by Gasteiger charge is 2.33. The van der Waals surface area contributed by atoms with Crippen LogP contribution in [0.3, 0.4) is 0 Å². The predicted molar refractivity (Wildman–Crippen MR) is 107 cm³/mol. The molecule has 0 saturated carbocycles. The van der Waals surface area contributed by atoms with Crippen LogP contribution >= 0.6 is 0 Å². The Kier molecular flexibility index (Phi) is 3.81. The molecule has 29 heavy (non-hydrogen) atoms. The van der Waals surface area contributed by atoms with E-state index in [1.54, 1.807) is 18.2 Å². The Morgan fingerprint density at radius 1 is 0.931 bits per heavy atom. The molecule has 142 valence electrons. The Morgan fingerprint density at radius 2 is 1.62 bits per heavy atom. The average molecular weight is 384 g/mol. The zero-order valence-corrected chi connectivity index (χ0v) is 15.6. The molecule has 3 aromatic carbocycles. The topological polar surface area (TPSA) is 76.0 Å². The molecule has 5 rings (SSSR count). The van der Waals surface area contributed by atoms with E-state index in [2.05, 4.69) is 5.10 Å². The van der Waals surface area contributed by atoms with Crippen molar-refractivity contribution in [2.24, 2.45) is 5.10 Å². The van der Waals surface area contributed by atoms with E-state index in [4.69, 9.17) is 4.74 Å². The van der Waals surface area contributed by atoms with Crippen LogP contribution in [0.15, 0.2) is 65.8 Å². The summed E-state index contributed by atoms with van der Waals surface area (Å²) in [5.41, 5.74) is 3.27. The fourth-order valence-electron chi connectivity index (χ4n) is 4.09. The molecule has 0 saturated heterocycles. The minimum Gasteiger partial charge on any atom is -0.386 e. The molecule has 6 nitrogen and oxygen atoms in total. The number of nitrogens with zero attached hydrogens (tertiary/aromatic N) is 2. The van der Waals surface area contributed by atoms with Gasteiger partial charge in [-0.15, -0.1) is 0 Å². The van der Waals surface area contributed by atoms with E-state index in [0.29, 0.717) is 22.9 Å². The summed E-state index contributed by atoms with van der Waals surface area (Å²) in [4.78, 5) is 36.6. The van der Waals surface area contributed by atoms with Crippen molar-refractivity contribution in [1.29, 1.82) is 0 Å². The lowest BCUT2D eigenvalue weighted by atomic mass is 9.90. The zero-order chi connectivity index (χ0) is 20.1. The molecule has 0 N–H and O–H groups in total. The molecule has 2 aliphatic rings. The van der Waals surface area contributed by atoms with Gasteiger partial charge in [0.15, 0.2) is 0 Å². The summed E-state index contributed by atoms with van der Waals surface area (Å²) in [6, 6.07) is 18.3. The van der Waals surface area contributed by atoms with Crippen molar-refractivity contribution in [3.05, 3.63) is 82.9 Å². The molecule has 0 aromatic heterocycles. The lowest BCUT2D eigenvalue weighted by Gasteiger charge is -2.20. The second-order valence-electron chi connectivity index (χ2n) is 7.11. The van der Waals surface area contributed by atoms with E-state index in [-0.39, 0.29) is 11.9 Å². The minimum absolute atomic E-state index is 0.143. The third-order valence-electron chi connectivity index (χ3n) is 5.39. The number of cyclic esters (lactones) is 2. The predicted octanol–water partition coefficient (Wildman–Crippen LogP) is 3.85. The van der Waals surface area contributed by atoms with E-state index < -0.39 is 11.9 Å². The number of carbonyl (C=O) groups excluding carboxylic acids is 3. The summed E-state index contributed by atoms with van der Waals surface area (Å²) in [6.07, 6.45) is 0.542. The summed E-state index contributed by atoms with van der Waals surface area (Å²) < 4.78 is 4.83. The van der Waals surface area contributed by atoms with Gasteiger partial charge in [0.05, 0.1) is 22.9 Å². The lowest BCUT2D eigenvalue weighted by Crippen LogP contribution is -2.24. The van der Waals surface area contributed by atoms with Crippen LogP contribution in [-0.2, 0) is 9.53 Å². The monoisotopic (exact) mass is 384 g/mol. The number of hydrogen-bond donors (Lipinski definition) is 0. The minimum atomic E-state index is -0.647. The van der Waals surface area contributed by atoms with Crippen molar-refractivity contribution in [2.75, 3.05) is 0 Å². The van der Waals surface area contributed by atoms with Gasteiger partial charge in [-0.25, -0.2) is 14.6 Å². The number of carbonyl (C=O) groups is 3. The van der Waals surface area contributed by atoms with Crippen molar-refractivity contribution in [1.82, 2.24) is 5.01 Å². The van der Waals surface area contributed by atoms with Gasteiger partial charge >= 0.3 is 11.9 Å². The van der Waals surface area contributed by atoms with E-state index >= 15 is 0 Å². The molecule has 2 aliphatic heterocycles. The number of benzene rings is 3. The summed E-state index contributed by atoms with van der Waals surface area (Å²) >= 11 is 0. The first-order valence-corrected chi connectivity index (χ1v) is 9.29. The number of ether oxygens (including phenoxy) is 1. The van der Waals surface area contributed by atoms with Crippen LogP contribution in [-0.4, -0.2) is 28.6 Å². The highest BCUT2D eigenvalue weighted by molar-refractivity contribution is 6.24. The summed E-state index contributed by atoms with van der Waals surface area (Å²) in [5, 5.41) is 7.43. The summed E-state index contributed by atoms with van der Waals surface area (Å²) in [7, 11) is 0. The van der Waals surface area contributed by atoms with Crippen molar-refractivity contribution in [3.63, 3.8) is 0 Å². The maximum atomic E-state index is 12.2. The molecule has 6 heteroatoms. The van der Waals surface area contributed by atoms with Crippen LogP contribution in [0.2, 0.25) is 0 Å². The standard InChI is InChI=1S/C23H16N2O4/c1-13(26)25-20(14-6-3-2-4-7-14)12-19(24-25)15-10-11-18-21-16(15)8-5-9-17(21)22(27)29-23(18)28/h2-11,20H,12H2,1H3/t20-/m1/s1. The molecule has 0 spiro atoms. The van der Waals surface area contributed by atoms with Gasteiger partial charge in [0.1, 0.15) is 0 Å². The third-order valence-corrected chi connectivity index (χ3v) is 5.39. The van der Waals surface area contributed by atoms with E-state index in [1.807, 2.05) is 42.5 Å². The van der Waals surface area contributed by atoms with Gasteiger partial charge in [-0.1, -0.05) is 48.5 Å². The maximum Gasteiger partial charge on any atom is 0.346 e. The van der Waals surface area contributed by atoms with Crippen molar-refractivity contribution < 1.29 is 19.1 Å². The van der Waals surface area contributed by atoms with Gasteiger partial charge in [-0.3, -0.25) is 4.79 Å². The van der Waals surface area contributed by atoms with Gasteiger partial charge in [-0.2, -0.15) is 5.10 Å². The molecule has 0 bridgehead atoms. The first-order chi connectivity index (χ1) is 14.0. The molecule has 1 atom stereocenters. The Bertz CT molecular complexity index is 1210. The molecule has 0 fully saturated rings. The first-order valence-electron chi connectivity index (χ1n) is 9.29. The zero-order valence-electron chi connectivity index (χ0n) is 15.6. The fourth-order valence-corrected chi connectivity index (χ4v) is 4.09. The van der Waals surface area contributed by atoms with Crippen molar-refractivity contribution >= 4 is 34.3 Å². The quantitative estimate of drug-likeness (QED) is 0.497. The van der Waals surface area contributed by atoms with Crippen LogP contribution in [0.1, 0.15) is 51.2 Å². The SMILES string of the molecule is CC(=O)N1N=C(c2ccc3c4c(cccc24)C(=O)OC3=O)C[C@@H]1c1ccccc1. The number of hydrogen-bond acceptors (Lipinski definition) is 5.